The highest BCUT2D eigenvalue weighted by Crippen LogP contribution is 2.37. The van der Waals surface area contributed by atoms with E-state index < -0.39 is 0 Å². The summed E-state index contributed by atoms with van der Waals surface area (Å²) in [7, 11) is 0. The van der Waals surface area contributed by atoms with Crippen LogP contribution in [0.4, 0.5) is 5.69 Å². The Kier molecular flexibility index (Phi) is 9.48. The number of aromatic nitrogens is 2. The lowest BCUT2D eigenvalue weighted by atomic mass is 9.84. The highest BCUT2D eigenvalue weighted by atomic mass is 16.1. The van der Waals surface area contributed by atoms with E-state index >= 15 is 0 Å². The minimum Gasteiger partial charge on any atom is -0.369 e. The zero-order valence-electron chi connectivity index (χ0n) is 25.5. The summed E-state index contributed by atoms with van der Waals surface area (Å²) in [6, 6.07) is 42.4. The highest BCUT2D eigenvalue weighted by molar-refractivity contribution is 5.92. The smallest absolute Gasteiger partial charge is 0.271 e. The van der Waals surface area contributed by atoms with Gasteiger partial charge in [0, 0.05) is 56.6 Å². The molecule has 0 atom stereocenters. The normalized spacial score (nSPS) is 13.7. The number of anilines is 1. The maximum Gasteiger partial charge on any atom is 0.271 e. The van der Waals surface area contributed by atoms with Crippen molar-refractivity contribution in [2.75, 3.05) is 44.2 Å². The molecular formula is C38H41N5O. The molecule has 0 bridgehead atoms. The van der Waals surface area contributed by atoms with Gasteiger partial charge < -0.3 is 10.2 Å². The second-order valence-electron chi connectivity index (χ2n) is 11.4. The quantitative estimate of drug-likeness (QED) is 0.179. The van der Waals surface area contributed by atoms with Gasteiger partial charge in [-0.15, -0.1) is 0 Å². The molecule has 0 saturated carbocycles. The molecule has 1 fully saturated rings. The number of carbonyl (C=O) groups is 1. The van der Waals surface area contributed by atoms with Gasteiger partial charge in [0.05, 0.1) is 5.69 Å². The molecule has 1 amide bonds. The SMILES string of the molecule is CCCc1cc(C(=O)NCCN2CCN(c3ccccc3C(c3ccccc3)c3ccccc3)CC2)nn1-c1ccccc1. The number of piperazine rings is 1. The average molecular weight is 584 g/mol. The molecule has 1 aliphatic rings. The van der Waals surface area contributed by atoms with Crippen molar-refractivity contribution in [1.29, 1.82) is 0 Å². The van der Waals surface area contributed by atoms with Gasteiger partial charge >= 0.3 is 0 Å². The summed E-state index contributed by atoms with van der Waals surface area (Å²) in [4.78, 5) is 18.0. The zero-order valence-corrected chi connectivity index (χ0v) is 25.5. The molecule has 224 valence electrons. The first-order valence-electron chi connectivity index (χ1n) is 15.8. The Labute approximate surface area is 261 Å². The molecule has 0 unspecified atom stereocenters. The number of benzene rings is 4. The van der Waals surface area contributed by atoms with Crippen molar-refractivity contribution in [2.45, 2.75) is 25.7 Å². The minimum atomic E-state index is -0.113. The van der Waals surface area contributed by atoms with E-state index in [2.05, 4.69) is 112 Å². The van der Waals surface area contributed by atoms with Gasteiger partial charge in [0.15, 0.2) is 5.69 Å². The molecular weight excluding hydrogens is 542 g/mol. The summed E-state index contributed by atoms with van der Waals surface area (Å²) in [5.74, 6) is 0.0579. The number of carbonyl (C=O) groups excluding carboxylic acids is 1. The fourth-order valence-electron chi connectivity index (χ4n) is 6.25. The first-order chi connectivity index (χ1) is 21.7. The van der Waals surface area contributed by atoms with Crippen LogP contribution in [0.25, 0.3) is 5.69 Å². The second-order valence-corrected chi connectivity index (χ2v) is 11.4. The van der Waals surface area contributed by atoms with E-state index in [1.807, 2.05) is 41.1 Å². The number of amides is 1. The molecule has 1 saturated heterocycles. The first-order valence-corrected chi connectivity index (χ1v) is 15.8. The fraction of sp³-hybridized carbons (Fsp3) is 0.263. The Morgan fingerprint density at radius 1 is 0.773 bits per heavy atom. The predicted octanol–water partition coefficient (Wildman–Crippen LogP) is 6.56. The number of hydrogen-bond donors (Lipinski definition) is 1. The molecule has 2 heterocycles. The number of rotatable bonds is 11. The highest BCUT2D eigenvalue weighted by Gasteiger charge is 2.24. The second kappa shape index (κ2) is 14.2. The summed E-state index contributed by atoms with van der Waals surface area (Å²) < 4.78 is 1.90. The topological polar surface area (TPSA) is 53.4 Å². The van der Waals surface area contributed by atoms with Crippen LogP contribution in [0.2, 0.25) is 0 Å². The Hall–Kier alpha value is -4.68. The van der Waals surface area contributed by atoms with Crippen LogP contribution >= 0.6 is 0 Å². The van der Waals surface area contributed by atoms with Crippen LogP contribution in [0.15, 0.2) is 121 Å². The van der Waals surface area contributed by atoms with Crippen molar-refractivity contribution in [1.82, 2.24) is 20.0 Å². The van der Waals surface area contributed by atoms with Crippen LogP contribution in [0.3, 0.4) is 0 Å². The Balaban J connectivity index is 1.08. The van der Waals surface area contributed by atoms with Gasteiger partial charge in [-0.05, 0) is 47.4 Å². The summed E-state index contributed by atoms with van der Waals surface area (Å²) in [5.41, 5.74) is 7.75. The number of aryl methyl sites for hydroxylation is 1. The van der Waals surface area contributed by atoms with Crippen molar-refractivity contribution < 1.29 is 4.79 Å². The van der Waals surface area contributed by atoms with Gasteiger partial charge in [0.1, 0.15) is 0 Å². The summed E-state index contributed by atoms with van der Waals surface area (Å²) in [5, 5.41) is 7.77. The molecule has 1 N–H and O–H groups in total. The summed E-state index contributed by atoms with van der Waals surface area (Å²) in [6.07, 6.45) is 1.87. The third-order valence-electron chi connectivity index (χ3n) is 8.46. The van der Waals surface area contributed by atoms with Crippen LogP contribution in [-0.2, 0) is 6.42 Å². The van der Waals surface area contributed by atoms with Crippen molar-refractivity contribution in [3.63, 3.8) is 0 Å². The van der Waals surface area contributed by atoms with Crippen LogP contribution in [0.5, 0.6) is 0 Å². The predicted molar refractivity (Wildman–Crippen MR) is 179 cm³/mol. The van der Waals surface area contributed by atoms with Gasteiger partial charge in [-0.3, -0.25) is 9.69 Å². The Morgan fingerprint density at radius 2 is 1.36 bits per heavy atom. The molecule has 6 heteroatoms. The fourth-order valence-corrected chi connectivity index (χ4v) is 6.25. The van der Waals surface area contributed by atoms with Crippen LogP contribution in [0.1, 0.15) is 52.1 Å². The van der Waals surface area contributed by atoms with Crippen molar-refractivity contribution >= 4 is 11.6 Å². The van der Waals surface area contributed by atoms with Crippen molar-refractivity contribution in [3.05, 3.63) is 149 Å². The van der Waals surface area contributed by atoms with Crippen molar-refractivity contribution in [3.8, 4) is 5.69 Å². The lowest BCUT2D eigenvalue weighted by Crippen LogP contribution is -2.48. The lowest BCUT2D eigenvalue weighted by Gasteiger charge is -2.38. The van der Waals surface area contributed by atoms with E-state index in [0.717, 1.165) is 56.9 Å². The zero-order chi connectivity index (χ0) is 30.1. The maximum absolute atomic E-state index is 13.0. The monoisotopic (exact) mass is 583 g/mol. The van der Waals surface area contributed by atoms with E-state index in [9.17, 15) is 4.79 Å². The number of nitrogens with one attached hydrogen (secondary N) is 1. The molecule has 1 aliphatic heterocycles. The minimum absolute atomic E-state index is 0.113. The summed E-state index contributed by atoms with van der Waals surface area (Å²) in [6.45, 7) is 7.36. The molecule has 0 spiro atoms. The van der Waals surface area contributed by atoms with Crippen molar-refractivity contribution in [2.24, 2.45) is 0 Å². The van der Waals surface area contributed by atoms with Gasteiger partial charge in [-0.1, -0.05) is 110 Å². The van der Waals surface area contributed by atoms with Crippen LogP contribution in [0, 0.1) is 0 Å². The molecule has 44 heavy (non-hydrogen) atoms. The Morgan fingerprint density at radius 3 is 2.00 bits per heavy atom. The van der Waals surface area contributed by atoms with Crippen LogP contribution < -0.4 is 10.2 Å². The Bertz CT molecular complexity index is 1590. The molecule has 5 aromatic rings. The van der Waals surface area contributed by atoms with E-state index in [1.54, 1.807) is 0 Å². The van der Waals surface area contributed by atoms with Gasteiger partial charge in [-0.2, -0.15) is 5.10 Å². The number of nitrogens with zero attached hydrogens (tertiary/aromatic N) is 4. The first kappa shape index (κ1) is 29.4. The number of para-hydroxylation sites is 2. The molecule has 6 nitrogen and oxygen atoms in total. The molecule has 0 aliphatic carbocycles. The summed E-state index contributed by atoms with van der Waals surface area (Å²) >= 11 is 0. The third kappa shape index (κ3) is 6.76. The molecule has 4 aromatic carbocycles. The molecule has 6 rings (SSSR count). The van der Waals surface area contributed by atoms with Gasteiger partial charge in [0.25, 0.3) is 5.91 Å². The van der Waals surface area contributed by atoms with Crippen LogP contribution in [-0.4, -0.2) is 59.9 Å². The third-order valence-corrected chi connectivity index (χ3v) is 8.46. The molecule has 1 aromatic heterocycles. The largest absolute Gasteiger partial charge is 0.369 e. The maximum atomic E-state index is 13.0. The van der Waals surface area contributed by atoms with E-state index in [4.69, 9.17) is 0 Å². The van der Waals surface area contributed by atoms with Gasteiger partial charge in [0.2, 0.25) is 0 Å². The average Bonchev–Trinajstić information content (AvgIpc) is 3.51. The van der Waals surface area contributed by atoms with E-state index in [0.29, 0.717) is 12.2 Å². The van der Waals surface area contributed by atoms with E-state index in [1.165, 1.54) is 22.4 Å². The van der Waals surface area contributed by atoms with Gasteiger partial charge in [-0.25, -0.2) is 4.68 Å². The molecule has 0 radical (unpaired) electrons. The number of hydrogen-bond acceptors (Lipinski definition) is 4. The standard InChI is InChI=1S/C38H41N5O/c1-2-14-33-29-35(40-43(33)32-19-10-5-11-20-32)38(44)39-23-24-41-25-27-42(28-26-41)36-22-13-12-21-34(36)37(30-15-6-3-7-16-30)31-17-8-4-9-18-31/h3-13,15-22,29,37H,2,14,23-28H2,1H3,(H,39,44). The lowest BCUT2D eigenvalue weighted by molar-refractivity contribution is 0.0942. The van der Waals surface area contributed by atoms with E-state index in [-0.39, 0.29) is 11.8 Å².